The Balaban J connectivity index is 4.58. The molecular formula is C12H29NOSi2. The van der Waals surface area contributed by atoms with E-state index >= 15 is 0 Å². The van der Waals surface area contributed by atoms with Crippen molar-refractivity contribution in [2.45, 2.75) is 69.9 Å². The molecule has 0 aromatic rings. The van der Waals surface area contributed by atoms with Crippen LogP contribution in [0.15, 0.2) is 0 Å². The predicted molar refractivity (Wildman–Crippen MR) is 78.4 cm³/mol. The molecule has 0 spiro atoms. The molecule has 16 heavy (non-hydrogen) atoms. The first-order valence-electron chi connectivity index (χ1n) is 6.69. The summed E-state index contributed by atoms with van der Waals surface area (Å²) >= 11 is 0. The van der Waals surface area contributed by atoms with Crippen LogP contribution in [-0.4, -0.2) is 23.5 Å². The van der Waals surface area contributed by atoms with Gasteiger partial charge in [0.15, 0.2) is 0 Å². The van der Waals surface area contributed by atoms with Crippen molar-refractivity contribution >= 4 is 23.5 Å². The summed E-state index contributed by atoms with van der Waals surface area (Å²) in [5.41, 5.74) is 5.72. The van der Waals surface area contributed by atoms with Crippen LogP contribution in [0.3, 0.4) is 0 Å². The summed E-state index contributed by atoms with van der Waals surface area (Å²) in [5, 5.41) is 0. The third-order valence-electron chi connectivity index (χ3n) is 3.96. The lowest BCUT2D eigenvalue weighted by Gasteiger charge is -2.37. The quantitative estimate of drug-likeness (QED) is 0.528. The van der Waals surface area contributed by atoms with Gasteiger partial charge in [0.2, 0.25) is 5.91 Å². The largest absolute Gasteiger partial charge is 0.370 e. The first-order valence-corrected chi connectivity index (χ1v) is 12.5. The Morgan fingerprint density at radius 3 is 1.88 bits per heavy atom. The zero-order chi connectivity index (χ0) is 12.8. The number of carbonyl (C=O) groups is 1. The van der Waals surface area contributed by atoms with Gasteiger partial charge in [-0.05, 0) is 6.42 Å². The van der Waals surface area contributed by atoms with Gasteiger partial charge in [-0.15, -0.1) is 0 Å². The average molecular weight is 260 g/mol. The standard InChI is InChI=1S/C12H29NOSi2/c1-6-7-8-9-10-12(11(13)14,15(2)3)16(4)5/h15-16H,6-10H2,1-5H3,(H2,13,14). The van der Waals surface area contributed by atoms with E-state index in [2.05, 4.69) is 33.1 Å². The molecular weight excluding hydrogens is 230 g/mol. The van der Waals surface area contributed by atoms with E-state index in [9.17, 15) is 4.79 Å². The molecule has 0 heterocycles. The normalized spacial score (nSPS) is 12.4. The minimum Gasteiger partial charge on any atom is -0.370 e. The highest BCUT2D eigenvalue weighted by molar-refractivity contribution is 6.85. The molecule has 2 nitrogen and oxygen atoms in total. The zero-order valence-electron chi connectivity index (χ0n) is 11.7. The first-order chi connectivity index (χ1) is 7.39. The minimum atomic E-state index is -1.00. The average Bonchev–Trinajstić information content (AvgIpc) is 2.16. The highest BCUT2D eigenvalue weighted by Gasteiger charge is 2.43. The lowest BCUT2D eigenvalue weighted by Crippen LogP contribution is -2.48. The monoisotopic (exact) mass is 259 g/mol. The van der Waals surface area contributed by atoms with E-state index in [-0.39, 0.29) is 10.6 Å². The number of unbranched alkanes of at least 4 members (excludes halogenated alkanes) is 3. The summed E-state index contributed by atoms with van der Waals surface area (Å²) < 4.78 is -0.0340. The number of amides is 1. The lowest BCUT2D eigenvalue weighted by molar-refractivity contribution is -0.119. The van der Waals surface area contributed by atoms with E-state index in [0.717, 1.165) is 6.42 Å². The van der Waals surface area contributed by atoms with Gasteiger partial charge in [0.05, 0.1) is 0 Å². The first kappa shape index (κ1) is 15.9. The SMILES string of the molecule is CCCCCCC(C(N)=O)([SiH](C)C)[SiH](C)C. The van der Waals surface area contributed by atoms with Gasteiger partial charge in [-0.3, -0.25) is 4.79 Å². The molecule has 0 aromatic heterocycles. The number of primary amides is 1. The molecule has 0 fully saturated rings. The van der Waals surface area contributed by atoms with Crippen molar-refractivity contribution in [3.8, 4) is 0 Å². The number of hydrogen-bond acceptors (Lipinski definition) is 1. The molecule has 0 aliphatic heterocycles. The predicted octanol–water partition coefficient (Wildman–Crippen LogP) is 2.70. The highest BCUT2D eigenvalue weighted by Crippen LogP contribution is 2.39. The Kier molecular flexibility index (Phi) is 7.23. The van der Waals surface area contributed by atoms with Crippen LogP contribution in [0.5, 0.6) is 0 Å². The molecule has 0 bridgehead atoms. The van der Waals surface area contributed by atoms with Gasteiger partial charge < -0.3 is 5.73 Å². The van der Waals surface area contributed by atoms with E-state index < -0.39 is 17.6 Å². The van der Waals surface area contributed by atoms with Gasteiger partial charge >= 0.3 is 0 Å². The molecule has 4 heteroatoms. The molecule has 0 atom stereocenters. The van der Waals surface area contributed by atoms with Crippen LogP contribution in [0, 0.1) is 0 Å². The van der Waals surface area contributed by atoms with Gasteiger partial charge in [-0.1, -0.05) is 58.8 Å². The fourth-order valence-corrected chi connectivity index (χ4v) is 10.8. The zero-order valence-corrected chi connectivity index (χ0v) is 14.0. The summed E-state index contributed by atoms with van der Waals surface area (Å²) in [5.74, 6) is 0.00679. The number of hydrogen-bond donors (Lipinski definition) is 1. The van der Waals surface area contributed by atoms with Crippen LogP contribution in [0.25, 0.3) is 0 Å². The van der Waals surface area contributed by atoms with Crippen molar-refractivity contribution in [1.82, 2.24) is 0 Å². The van der Waals surface area contributed by atoms with E-state index in [0.29, 0.717) is 0 Å². The van der Waals surface area contributed by atoms with Crippen LogP contribution >= 0.6 is 0 Å². The lowest BCUT2D eigenvalue weighted by atomic mass is 10.1. The summed E-state index contributed by atoms with van der Waals surface area (Å²) in [4.78, 5) is 11.9. The molecule has 0 unspecified atom stereocenters. The molecule has 0 aromatic carbocycles. The molecule has 0 saturated heterocycles. The van der Waals surface area contributed by atoms with E-state index in [1.807, 2.05) is 0 Å². The van der Waals surface area contributed by atoms with Crippen molar-refractivity contribution in [2.24, 2.45) is 5.73 Å². The highest BCUT2D eigenvalue weighted by atomic mass is 28.3. The maximum atomic E-state index is 11.9. The van der Waals surface area contributed by atoms with Gasteiger partial charge in [0.25, 0.3) is 0 Å². The third-order valence-corrected chi connectivity index (χ3v) is 13.2. The van der Waals surface area contributed by atoms with Crippen LogP contribution in [-0.2, 0) is 4.79 Å². The molecule has 0 saturated carbocycles. The van der Waals surface area contributed by atoms with Crippen LogP contribution < -0.4 is 5.73 Å². The van der Waals surface area contributed by atoms with Crippen LogP contribution in [0.4, 0.5) is 0 Å². The minimum absolute atomic E-state index is 0.00679. The van der Waals surface area contributed by atoms with Crippen molar-refractivity contribution in [3.05, 3.63) is 0 Å². The van der Waals surface area contributed by atoms with Gasteiger partial charge in [0.1, 0.15) is 0 Å². The maximum absolute atomic E-state index is 11.9. The second-order valence-corrected chi connectivity index (χ2v) is 12.9. The van der Waals surface area contributed by atoms with E-state index in [1.54, 1.807) is 0 Å². The van der Waals surface area contributed by atoms with Crippen LogP contribution in [0.1, 0.15) is 39.0 Å². The number of nitrogens with two attached hydrogens (primary N) is 1. The van der Waals surface area contributed by atoms with Gasteiger partial charge in [-0.25, -0.2) is 0 Å². The Morgan fingerprint density at radius 1 is 1.06 bits per heavy atom. The second kappa shape index (κ2) is 7.27. The fraction of sp³-hybridized carbons (Fsp3) is 0.917. The van der Waals surface area contributed by atoms with Crippen molar-refractivity contribution in [3.63, 3.8) is 0 Å². The van der Waals surface area contributed by atoms with Crippen molar-refractivity contribution in [1.29, 1.82) is 0 Å². The molecule has 1 amide bonds. The molecule has 0 aliphatic carbocycles. The van der Waals surface area contributed by atoms with Crippen molar-refractivity contribution < 1.29 is 4.79 Å². The molecule has 2 N–H and O–H groups in total. The van der Waals surface area contributed by atoms with E-state index in [1.165, 1.54) is 25.7 Å². The summed E-state index contributed by atoms with van der Waals surface area (Å²) in [7, 11) is -2.00. The number of rotatable bonds is 8. The fourth-order valence-electron chi connectivity index (χ4n) is 2.78. The summed E-state index contributed by atoms with van der Waals surface area (Å²) in [6, 6.07) is 0. The third kappa shape index (κ3) is 3.73. The van der Waals surface area contributed by atoms with Crippen molar-refractivity contribution in [2.75, 3.05) is 0 Å². The van der Waals surface area contributed by atoms with Gasteiger partial charge in [-0.2, -0.15) is 0 Å². The Morgan fingerprint density at radius 2 is 1.56 bits per heavy atom. The summed E-state index contributed by atoms with van der Waals surface area (Å²) in [6.45, 7) is 11.4. The van der Waals surface area contributed by atoms with Gasteiger partial charge in [0, 0.05) is 22.3 Å². The second-order valence-electron chi connectivity index (χ2n) is 5.52. The Labute approximate surface area is 104 Å². The summed E-state index contributed by atoms with van der Waals surface area (Å²) in [6.07, 6.45) is 6.05. The smallest absolute Gasteiger partial charge is 0.217 e. The molecule has 96 valence electrons. The maximum Gasteiger partial charge on any atom is 0.217 e. The Bertz CT molecular complexity index is 209. The van der Waals surface area contributed by atoms with Crippen LogP contribution in [0.2, 0.25) is 30.8 Å². The molecule has 0 radical (unpaired) electrons. The number of carbonyl (C=O) groups excluding carboxylic acids is 1. The topological polar surface area (TPSA) is 43.1 Å². The van der Waals surface area contributed by atoms with E-state index in [4.69, 9.17) is 5.73 Å². The molecule has 0 rings (SSSR count). The Hall–Kier alpha value is -0.0962. The molecule has 0 aliphatic rings.